The molecule has 0 aromatic heterocycles. The van der Waals surface area contributed by atoms with E-state index in [1.54, 1.807) is 12.1 Å². The maximum atomic E-state index is 10.4. The molecule has 0 N–H and O–H groups in total. The monoisotopic (exact) mass is 167 g/mol. The first kappa shape index (κ1) is 8.48. The third-order valence-electron chi connectivity index (χ3n) is 1.27. The average Bonchev–Trinajstić information content (AvgIpc) is 2.05. The molecule has 0 saturated carbocycles. The highest BCUT2D eigenvalue weighted by Gasteiger charge is 2.12. The molecule has 5 nitrogen and oxygen atoms in total. The quantitative estimate of drug-likeness (QED) is 0.504. The molecule has 0 aliphatic heterocycles. The van der Waals surface area contributed by atoms with E-state index < -0.39 is 4.92 Å². The molecule has 0 aliphatic carbocycles. The zero-order valence-corrected chi connectivity index (χ0v) is 6.43. The summed E-state index contributed by atoms with van der Waals surface area (Å²) in [6.45, 7) is 0. The number of benzene rings is 1. The van der Waals surface area contributed by atoms with Gasteiger partial charge < -0.3 is 0 Å². The van der Waals surface area contributed by atoms with Crippen LogP contribution in [0.1, 0.15) is 0 Å². The zero-order valence-electron chi connectivity index (χ0n) is 6.43. The van der Waals surface area contributed by atoms with Crippen molar-refractivity contribution >= 4 is 11.4 Å². The van der Waals surface area contributed by atoms with Crippen LogP contribution in [0.15, 0.2) is 24.3 Å². The molecule has 1 radical (unpaired) electrons. The van der Waals surface area contributed by atoms with Gasteiger partial charge in [-0.25, -0.2) is 0 Å². The summed E-state index contributed by atoms with van der Waals surface area (Å²) in [5.74, 6) is 0. The van der Waals surface area contributed by atoms with E-state index in [4.69, 9.17) is 0 Å². The number of hydrogen-bond acceptors (Lipinski definition) is 3. The fourth-order valence-corrected chi connectivity index (χ4v) is 0.794. The summed E-state index contributed by atoms with van der Waals surface area (Å²) in [5, 5.41) is 10.4. The van der Waals surface area contributed by atoms with Crippen LogP contribution in [0, 0.1) is 10.1 Å². The number of hydrogen-bond donors (Lipinski definition) is 0. The van der Waals surface area contributed by atoms with Crippen LogP contribution in [0.2, 0.25) is 0 Å². The minimum Gasteiger partial charge on any atom is -0.258 e. The van der Waals surface area contributed by atoms with Crippen molar-refractivity contribution < 1.29 is 9.76 Å². The van der Waals surface area contributed by atoms with Crippen molar-refractivity contribution in [2.24, 2.45) is 0 Å². The van der Waals surface area contributed by atoms with Gasteiger partial charge in [0.1, 0.15) is 0 Å². The van der Waals surface area contributed by atoms with Gasteiger partial charge in [0.25, 0.3) is 5.69 Å². The van der Waals surface area contributed by atoms with Crippen LogP contribution in [0.4, 0.5) is 11.4 Å². The SMILES string of the molecule is CO[N]c1ccccc1[N+](=O)[O-]. The van der Waals surface area contributed by atoms with Crippen LogP contribution < -0.4 is 5.48 Å². The van der Waals surface area contributed by atoms with Gasteiger partial charge in [-0.2, -0.15) is 0 Å². The van der Waals surface area contributed by atoms with Gasteiger partial charge in [-0.05, 0) is 6.07 Å². The van der Waals surface area contributed by atoms with E-state index in [9.17, 15) is 10.1 Å². The lowest BCUT2D eigenvalue weighted by atomic mass is 10.3. The Kier molecular flexibility index (Phi) is 2.60. The van der Waals surface area contributed by atoms with Crippen molar-refractivity contribution in [3.63, 3.8) is 0 Å². The van der Waals surface area contributed by atoms with E-state index >= 15 is 0 Å². The van der Waals surface area contributed by atoms with Gasteiger partial charge in [-0.1, -0.05) is 12.1 Å². The first-order chi connectivity index (χ1) is 5.75. The van der Waals surface area contributed by atoms with Gasteiger partial charge in [0, 0.05) is 6.07 Å². The van der Waals surface area contributed by atoms with Crippen LogP contribution in [-0.2, 0) is 4.84 Å². The molecule has 0 saturated heterocycles. The smallest absolute Gasteiger partial charge is 0.258 e. The summed E-state index contributed by atoms with van der Waals surface area (Å²) >= 11 is 0. The largest absolute Gasteiger partial charge is 0.297 e. The zero-order chi connectivity index (χ0) is 8.97. The Labute approximate surface area is 69.1 Å². The predicted octanol–water partition coefficient (Wildman–Crippen LogP) is 1.39. The molecule has 0 atom stereocenters. The summed E-state index contributed by atoms with van der Waals surface area (Å²) in [7, 11) is 1.34. The minimum absolute atomic E-state index is 0.0562. The number of rotatable bonds is 3. The van der Waals surface area contributed by atoms with Crippen molar-refractivity contribution in [3.05, 3.63) is 34.4 Å². The van der Waals surface area contributed by atoms with E-state index in [0.29, 0.717) is 0 Å². The highest BCUT2D eigenvalue weighted by molar-refractivity contribution is 5.55. The molecule has 63 valence electrons. The molecule has 1 aromatic rings. The molecule has 1 rings (SSSR count). The Hall–Kier alpha value is -1.62. The van der Waals surface area contributed by atoms with E-state index in [1.807, 2.05) is 0 Å². The molecule has 0 bridgehead atoms. The van der Waals surface area contributed by atoms with Crippen molar-refractivity contribution in [2.75, 3.05) is 7.11 Å². The van der Waals surface area contributed by atoms with E-state index in [1.165, 1.54) is 19.2 Å². The number of nitrogens with zero attached hydrogens (tertiary/aromatic N) is 2. The lowest BCUT2D eigenvalue weighted by Gasteiger charge is -1.98. The summed E-state index contributed by atoms with van der Waals surface area (Å²) in [5.41, 5.74) is 3.66. The molecule has 0 aliphatic rings. The molecule has 12 heavy (non-hydrogen) atoms. The highest BCUT2D eigenvalue weighted by atomic mass is 16.6. The van der Waals surface area contributed by atoms with Crippen LogP contribution in [0.5, 0.6) is 0 Å². The topological polar surface area (TPSA) is 66.5 Å². The lowest BCUT2D eigenvalue weighted by molar-refractivity contribution is -0.384. The average molecular weight is 167 g/mol. The van der Waals surface area contributed by atoms with Crippen LogP contribution in [0.3, 0.4) is 0 Å². The Bertz CT molecular complexity index is 288. The molecule has 0 fully saturated rings. The molecule has 0 amide bonds. The third-order valence-corrected chi connectivity index (χ3v) is 1.27. The third kappa shape index (κ3) is 1.70. The standard InChI is InChI=1S/C7H7N2O3/c1-12-8-6-4-2-3-5-7(6)9(10)11/h2-5H,1H3. The normalized spacial score (nSPS) is 9.42. The predicted molar refractivity (Wildman–Crippen MR) is 41.9 cm³/mol. The molecule has 0 spiro atoms. The first-order valence-electron chi connectivity index (χ1n) is 3.23. The van der Waals surface area contributed by atoms with Crippen LogP contribution in [0.25, 0.3) is 0 Å². The maximum Gasteiger partial charge on any atom is 0.297 e. The summed E-state index contributed by atoms with van der Waals surface area (Å²) < 4.78 is 0. The number of nitro benzene ring substituents is 1. The fourth-order valence-electron chi connectivity index (χ4n) is 0.794. The Morgan fingerprint density at radius 3 is 2.75 bits per heavy atom. The first-order valence-corrected chi connectivity index (χ1v) is 3.23. The van der Waals surface area contributed by atoms with Crippen LogP contribution >= 0.6 is 0 Å². The Balaban J connectivity index is 3.00. The van der Waals surface area contributed by atoms with Crippen molar-refractivity contribution in [1.82, 2.24) is 5.48 Å². The van der Waals surface area contributed by atoms with Crippen molar-refractivity contribution in [1.29, 1.82) is 0 Å². The number of para-hydroxylation sites is 1. The van der Waals surface area contributed by atoms with E-state index in [0.717, 1.165) is 0 Å². The van der Waals surface area contributed by atoms with Crippen molar-refractivity contribution in [2.45, 2.75) is 0 Å². The van der Waals surface area contributed by atoms with Gasteiger partial charge in [0.05, 0.1) is 12.0 Å². The van der Waals surface area contributed by atoms with Gasteiger partial charge in [0.15, 0.2) is 5.69 Å². The Morgan fingerprint density at radius 2 is 2.17 bits per heavy atom. The van der Waals surface area contributed by atoms with Crippen LogP contribution in [-0.4, -0.2) is 12.0 Å². The summed E-state index contributed by atoms with van der Waals surface area (Å²) in [4.78, 5) is 14.3. The van der Waals surface area contributed by atoms with E-state index in [-0.39, 0.29) is 11.4 Å². The summed E-state index contributed by atoms with van der Waals surface area (Å²) in [6.07, 6.45) is 0. The Morgan fingerprint density at radius 1 is 1.50 bits per heavy atom. The molecular weight excluding hydrogens is 160 g/mol. The van der Waals surface area contributed by atoms with Gasteiger partial charge in [-0.3, -0.25) is 15.0 Å². The maximum absolute atomic E-state index is 10.4. The minimum atomic E-state index is -0.502. The fraction of sp³-hybridized carbons (Fsp3) is 0.143. The second kappa shape index (κ2) is 3.68. The van der Waals surface area contributed by atoms with Gasteiger partial charge in [-0.15, -0.1) is 5.48 Å². The second-order valence-corrected chi connectivity index (χ2v) is 2.02. The second-order valence-electron chi connectivity index (χ2n) is 2.02. The molecular formula is C7H7N2O3. The number of nitro groups is 1. The summed E-state index contributed by atoms with van der Waals surface area (Å²) in [6, 6.07) is 6.12. The van der Waals surface area contributed by atoms with Gasteiger partial charge >= 0.3 is 0 Å². The molecule has 0 heterocycles. The molecule has 1 aromatic carbocycles. The van der Waals surface area contributed by atoms with Gasteiger partial charge in [0.2, 0.25) is 0 Å². The highest BCUT2D eigenvalue weighted by Crippen LogP contribution is 2.22. The van der Waals surface area contributed by atoms with Crippen molar-refractivity contribution in [3.8, 4) is 0 Å². The van der Waals surface area contributed by atoms with E-state index in [2.05, 4.69) is 10.3 Å². The molecule has 0 unspecified atom stereocenters. The lowest BCUT2D eigenvalue weighted by Crippen LogP contribution is -1.98. The molecule has 5 heteroatoms.